The van der Waals surface area contributed by atoms with Gasteiger partial charge in [0, 0.05) is 17.0 Å². The zero-order valence-electron chi connectivity index (χ0n) is 17.2. The fraction of sp³-hybridized carbons (Fsp3) is 0.478. The molecule has 0 spiro atoms. The van der Waals surface area contributed by atoms with Gasteiger partial charge >= 0.3 is 0 Å². The van der Waals surface area contributed by atoms with Gasteiger partial charge in [0.05, 0.1) is 32.5 Å². The van der Waals surface area contributed by atoms with Gasteiger partial charge in [-0.05, 0) is 24.1 Å². The van der Waals surface area contributed by atoms with Crippen LogP contribution in [0.5, 0.6) is 5.75 Å². The second kappa shape index (κ2) is 9.56. The maximum absolute atomic E-state index is 14.4. The van der Waals surface area contributed by atoms with Gasteiger partial charge < -0.3 is 24.1 Å². The predicted octanol–water partition coefficient (Wildman–Crippen LogP) is 4.75. The molecule has 2 aliphatic rings. The third kappa shape index (κ3) is 5.03. The third-order valence-electron chi connectivity index (χ3n) is 5.42. The minimum absolute atomic E-state index is 0.00598. The topological polar surface area (TPSA) is 60.5 Å². The van der Waals surface area contributed by atoms with E-state index in [-0.39, 0.29) is 48.7 Å². The Bertz CT molecular complexity index is 910. The Morgan fingerprint density at radius 1 is 1.00 bits per heavy atom. The molecule has 2 fully saturated rings. The van der Waals surface area contributed by atoms with Crippen LogP contribution >= 0.6 is 0 Å². The van der Waals surface area contributed by atoms with Crippen molar-refractivity contribution in [3.05, 3.63) is 64.5 Å². The largest absolute Gasteiger partial charge is 0.490 e. The van der Waals surface area contributed by atoms with E-state index in [1.807, 2.05) is 6.92 Å². The number of rotatable bonds is 8. The summed E-state index contributed by atoms with van der Waals surface area (Å²) in [6.45, 7) is 2.84. The Labute approximate surface area is 178 Å². The van der Waals surface area contributed by atoms with E-state index in [2.05, 4.69) is 0 Å². The molecule has 2 heterocycles. The summed E-state index contributed by atoms with van der Waals surface area (Å²) >= 11 is 0. The number of aliphatic hydroxyl groups is 1. The highest BCUT2D eigenvalue weighted by atomic mass is 19.2. The molecule has 2 aromatic carbocycles. The lowest BCUT2D eigenvalue weighted by Gasteiger charge is -2.30. The summed E-state index contributed by atoms with van der Waals surface area (Å²) in [6, 6.07) is 7.32. The van der Waals surface area contributed by atoms with E-state index in [1.165, 1.54) is 24.3 Å². The number of halogens is 3. The molecule has 2 unspecified atom stereocenters. The molecule has 0 bridgehead atoms. The molecule has 1 N–H and O–H groups in total. The predicted molar refractivity (Wildman–Crippen MR) is 105 cm³/mol. The molecule has 168 valence electrons. The van der Waals surface area contributed by atoms with E-state index in [9.17, 15) is 18.3 Å². The first-order chi connectivity index (χ1) is 15.0. The monoisotopic (exact) mass is 438 g/mol. The van der Waals surface area contributed by atoms with E-state index in [1.54, 1.807) is 6.07 Å². The fourth-order valence-electron chi connectivity index (χ4n) is 3.55. The zero-order valence-corrected chi connectivity index (χ0v) is 17.2. The number of hydrogen-bond acceptors (Lipinski definition) is 5. The summed E-state index contributed by atoms with van der Waals surface area (Å²) in [5.41, 5.74) is 0.694. The summed E-state index contributed by atoms with van der Waals surface area (Å²) in [7, 11) is 0. The molecule has 0 radical (unpaired) electrons. The first-order valence-corrected chi connectivity index (χ1v) is 10.4. The Morgan fingerprint density at radius 3 is 2.32 bits per heavy atom. The molecule has 2 aromatic rings. The van der Waals surface area contributed by atoms with Crippen LogP contribution in [-0.4, -0.2) is 31.5 Å². The van der Waals surface area contributed by atoms with Gasteiger partial charge in [-0.3, -0.25) is 0 Å². The van der Waals surface area contributed by atoms with Gasteiger partial charge in [0.15, 0.2) is 29.5 Å². The van der Waals surface area contributed by atoms with Gasteiger partial charge in [-0.15, -0.1) is 0 Å². The highest BCUT2D eigenvalue weighted by Crippen LogP contribution is 2.36. The first kappa shape index (κ1) is 22.1. The molecule has 2 saturated heterocycles. The number of hydrogen-bond donors (Lipinski definition) is 1. The summed E-state index contributed by atoms with van der Waals surface area (Å²) in [4.78, 5) is 0. The lowest BCUT2D eigenvalue weighted by molar-refractivity contribution is -0.210. The van der Waals surface area contributed by atoms with Crippen LogP contribution < -0.4 is 4.74 Å². The Balaban J connectivity index is 1.30. The average Bonchev–Trinajstić information content (AvgIpc) is 3.60. The van der Waals surface area contributed by atoms with E-state index < -0.39 is 29.8 Å². The Hall–Kier alpha value is -2.13. The number of ether oxygens (including phenoxy) is 4. The molecular formula is C23H25F3O5. The van der Waals surface area contributed by atoms with Gasteiger partial charge in [0.2, 0.25) is 0 Å². The molecule has 2 aliphatic heterocycles. The molecule has 0 aromatic heterocycles. The number of aliphatic hydroxyl groups excluding tert-OH is 1. The minimum atomic E-state index is -1.02. The standard InChI is InChI=1S/C23H25F3O5/c1-2-3-18(27)14-4-7-19(17(24)8-14)28-9-13-10-30-23(31-11-13)16-6-5-15(20-12-29-20)21(25)22(16)26/h4-8,13,18,20,23,27H,2-3,9-12H2,1H3. The van der Waals surface area contributed by atoms with Gasteiger partial charge in [-0.25, -0.2) is 13.2 Å². The van der Waals surface area contributed by atoms with Gasteiger partial charge in [0.25, 0.3) is 0 Å². The maximum atomic E-state index is 14.4. The molecule has 31 heavy (non-hydrogen) atoms. The minimum Gasteiger partial charge on any atom is -0.490 e. The van der Waals surface area contributed by atoms with Crippen LogP contribution in [-0.2, 0) is 14.2 Å². The van der Waals surface area contributed by atoms with Crippen LogP contribution in [0.1, 0.15) is 55.0 Å². The molecule has 8 heteroatoms. The second-order valence-electron chi connectivity index (χ2n) is 7.86. The van der Waals surface area contributed by atoms with Crippen LogP contribution in [0, 0.1) is 23.4 Å². The smallest absolute Gasteiger partial charge is 0.186 e. The molecule has 0 saturated carbocycles. The molecule has 4 rings (SSSR count). The summed E-state index contributed by atoms with van der Waals surface area (Å²) < 4.78 is 64.6. The summed E-state index contributed by atoms with van der Waals surface area (Å²) in [5.74, 6) is -2.63. The van der Waals surface area contributed by atoms with Gasteiger partial charge in [0.1, 0.15) is 6.10 Å². The molecule has 5 nitrogen and oxygen atoms in total. The summed E-state index contributed by atoms with van der Waals surface area (Å²) in [5, 5.41) is 9.97. The lowest BCUT2D eigenvalue weighted by atomic mass is 10.0. The van der Waals surface area contributed by atoms with Crippen LogP contribution in [0.2, 0.25) is 0 Å². The van der Waals surface area contributed by atoms with Crippen LogP contribution in [0.3, 0.4) is 0 Å². The van der Waals surface area contributed by atoms with E-state index in [0.717, 1.165) is 6.42 Å². The highest BCUT2D eigenvalue weighted by Gasteiger charge is 2.33. The van der Waals surface area contributed by atoms with Crippen molar-refractivity contribution in [3.8, 4) is 5.75 Å². The quantitative estimate of drug-likeness (QED) is 0.603. The fourth-order valence-corrected chi connectivity index (χ4v) is 3.55. The van der Waals surface area contributed by atoms with Crippen molar-refractivity contribution in [2.45, 2.75) is 38.3 Å². The van der Waals surface area contributed by atoms with Crippen LogP contribution in [0.4, 0.5) is 13.2 Å². The van der Waals surface area contributed by atoms with Crippen LogP contribution in [0.25, 0.3) is 0 Å². The maximum Gasteiger partial charge on any atom is 0.186 e. The van der Waals surface area contributed by atoms with Gasteiger partial charge in [-0.1, -0.05) is 31.5 Å². The SMILES string of the molecule is CCCC(O)c1ccc(OCC2COC(c3ccc(C4CO4)c(F)c3F)OC2)c(F)c1. The van der Waals surface area contributed by atoms with E-state index in [4.69, 9.17) is 18.9 Å². The first-order valence-electron chi connectivity index (χ1n) is 10.4. The van der Waals surface area contributed by atoms with Crippen molar-refractivity contribution in [2.75, 3.05) is 26.4 Å². The van der Waals surface area contributed by atoms with Crippen molar-refractivity contribution in [1.29, 1.82) is 0 Å². The second-order valence-corrected chi connectivity index (χ2v) is 7.86. The Kier molecular flexibility index (Phi) is 6.81. The lowest BCUT2D eigenvalue weighted by Crippen LogP contribution is -2.31. The number of epoxide rings is 1. The molecule has 2 atom stereocenters. The molecular weight excluding hydrogens is 413 g/mol. The van der Waals surface area contributed by atoms with Crippen molar-refractivity contribution < 1.29 is 37.2 Å². The van der Waals surface area contributed by atoms with E-state index >= 15 is 0 Å². The van der Waals surface area contributed by atoms with Crippen molar-refractivity contribution >= 4 is 0 Å². The van der Waals surface area contributed by atoms with Gasteiger partial charge in [-0.2, -0.15) is 0 Å². The zero-order chi connectivity index (χ0) is 22.0. The molecule has 0 amide bonds. The van der Waals surface area contributed by atoms with Crippen molar-refractivity contribution in [3.63, 3.8) is 0 Å². The van der Waals surface area contributed by atoms with Crippen molar-refractivity contribution in [2.24, 2.45) is 5.92 Å². The number of benzene rings is 2. The summed E-state index contributed by atoms with van der Waals surface area (Å²) in [6.07, 6.45) is -0.765. The third-order valence-corrected chi connectivity index (χ3v) is 5.42. The van der Waals surface area contributed by atoms with Crippen molar-refractivity contribution in [1.82, 2.24) is 0 Å². The van der Waals surface area contributed by atoms with E-state index in [0.29, 0.717) is 18.6 Å². The Morgan fingerprint density at radius 2 is 1.68 bits per heavy atom. The highest BCUT2D eigenvalue weighted by molar-refractivity contribution is 5.31. The van der Waals surface area contributed by atoms with Crippen LogP contribution in [0.15, 0.2) is 30.3 Å². The average molecular weight is 438 g/mol. The molecule has 0 aliphatic carbocycles. The normalized spacial score (nSPS) is 24.1.